The Morgan fingerprint density at radius 3 is 1.43 bits per heavy atom. The fourth-order valence-electron chi connectivity index (χ4n) is 7.40. The van der Waals surface area contributed by atoms with E-state index >= 15 is 0 Å². The topological polar surface area (TPSA) is 51.6 Å². The van der Waals surface area contributed by atoms with Crippen LogP contribution < -0.4 is 0 Å². The van der Waals surface area contributed by atoms with Crippen LogP contribution in [0.1, 0.15) is 0 Å². The molecule has 0 saturated heterocycles. The second-order valence-electron chi connectivity index (χ2n) is 13.5. The Kier molecular flexibility index (Phi) is 7.77. The van der Waals surface area contributed by atoms with Crippen molar-refractivity contribution in [1.82, 2.24) is 19.9 Å². The minimum atomic E-state index is 0.646. The first kappa shape index (κ1) is 31.4. The molecule has 0 fully saturated rings. The molecule has 4 nitrogen and oxygen atoms in total. The smallest absolute Gasteiger partial charge is 0.164 e. The Labute approximate surface area is 313 Å². The lowest BCUT2D eigenvalue weighted by molar-refractivity contribution is 1.07. The Hall–Kier alpha value is -7.30. The van der Waals surface area contributed by atoms with Crippen LogP contribution >= 0.6 is 0 Å². The summed E-state index contributed by atoms with van der Waals surface area (Å²) in [7, 11) is 0. The van der Waals surface area contributed by atoms with Crippen molar-refractivity contribution in [1.29, 1.82) is 0 Å². The van der Waals surface area contributed by atoms with E-state index in [0.717, 1.165) is 44.4 Å². The molecule has 0 aliphatic heterocycles. The van der Waals surface area contributed by atoms with Gasteiger partial charge < -0.3 is 0 Å². The highest BCUT2D eigenvalue weighted by atomic mass is 15.0. The van der Waals surface area contributed by atoms with Crippen LogP contribution in [0.4, 0.5) is 0 Å². The summed E-state index contributed by atoms with van der Waals surface area (Å²) in [6.45, 7) is 0. The lowest BCUT2D eigenvalue weighted by Crippen LogP contribution is -2.00. The van der Waals surface area contributed by atoms with E-state index in [0.29, 0.717) is 17.5 Å². The molecule has 252 valence electrons. The van der Waals surface area contributed by atoms with Gasteiger partial charge >= 0.3 is 0 Å². The molecule has 0 aliphatic rings. The fraction of sp³-hybridized carbons (Fsp3) is 0. The van der Waals surface area contributed by atoms with Crippen LogP contribution in [0.15, 0.2) is 194 Å². The summed E-state index contributed by atoms with van der Waals surface area (Å²) in [6.07, 6.45) is 0. The van der Waals surface area contributed by atoms with Crippen LogP contribution in [0.5, 0.6) is 0 Å². The van der Waals surface area contributed by atoms with E-state index in [9.17, 15) is 0 Å². The number of fused-ring (bicyclic) bond motifs is 4. The van der Waals surface area contributed by atoms with Crippen molar-refractivity contribution in [2.75, 3.05) is 0 Å². The molecule has 0 saturated carbocycles. The number of hydrogen-bond donors (Lipinski definition) is 0. The van der Waals surface area contributed by atoms with Crippen molar-refractivity contribution in [3.05, 3.63) is 194 Å². The van der Waals surface area contributed by atoms with Gasteiger partial charge in [0.1, 0.15) is 0 Å². The third-order valence-electron chi connectivity index (χ3n) is 10.1. The third kappa shape index (κ3) is 5.76. The molecule has 0 N–H and O–H groups in total. The molecule has 8 aromatic carbocycles. The van der Waals surface area contributed by atoms with Crippen LogP contribution in [-0.4, -0.2) is 19.9 Å². The maximum atomic E-state index is 5.10. The van der Waals surface area contributed by atoms with Crippen LogP contribution in [0, 0.1) is 0 Å². The molecule has 54 heavy (non-hydrogen) atoms. The van der Waals surface area contributed by atoms with Gasteiger partial charge in [0.25, 0.3) is 0 Å². The average molecular weight is 689 g/mol. The highest BCUT2D eigenvalue weighted by Gasteiger charge is 2.14. The standard InChI is InChI=1S/C50H32N4/c1-3-12-36(13-4-1)48-52-49(37-14-5-2-6-15-37)54-50(53-48)38-28-24-34(25-29-38)41-20-11-16-40-32-39(30-31-42(40)41)33-22-26-35(27-23-33)47-45-19-8-7-17-43(45)44-18-9-10-21-46(44)51-47/h1-32H. The zero-order valence-corrected chi connectivity index (χ0v) is 29.3. The minimum Gasteiger partial charge on any atom is -0.247 e. The Morgan fingerprint density at radius 1 is 0.259 bits per heavy atom. The summed E-state index contributed by atoms with van der Waals surface area (Å²) >= 11 is 0. The van der Waals surface area contributed by atoms with Crippen molar-refractivity contribution in [2.45, 2.75) is 0 Å². The number of hydrogen-bond acceptors (Lipinski definition) is 4. The second-order valence-corrected chi connectivity index (χ2v) is 13.5. The highest BCUT2D eigenvalue weighted by molar-refractivity contribution is 6.11. The predicted molar refractivity (Wildman–Crippen MR) is 223 cm³/mol. The van der Waals surface area contributed by atoms with Gasteiger partial charge in [0.05, 0.1) is 11.2 Å². The van der Waals surface area contributed by atoms with Crippen molar-refractivity contribution in [3.63, 3.8) is 0 Å². The normalized spacial score (nSPS) is 11.3. The fourth-order valence-corrected chi connectivity index (χ4v) is 7.40. The van der Waals surface area contributed by atoms with E-state index in [2.05, 4.69) is 133 Å². The maximum Gasteiger partial charge on any atom is 0.164 e. The van der Waals surface area contributed by atoms with Crippen LogP contribution in [0.2, 0.25) is 0 Å². The molecule has 0 bridgehead atoms. The number of para-hydroxylation sites is 1. The van der Waals surface area contributed by atoms with E-state index < -0.39 is 0 Å². The Balaban J connectivity index is 0.966. The summed E-state index contributed by atoms with van der Waals surface area (Å²) in [5.74, 6) is 1.95. The number of pyridine rings is 1. The van der Waals surface area contributed by atoms with Crippen molar-refractivity contribution >= 4 is 32.4 Å². The summed E-state index contributed by atoms with van der Waals surface area (Å²) in [6, 6.07) is 67.7. The molecule has 0 radical (unpaired) electrons. The Bertz CT molecular complexity index is 2900. The molecule has 10 aromatic rings. The number of nitrogens with zero attached hydrogens (tertiary/aromatic N) is 4. The summed E-state index contributed by atoms with van der Waals surface area (Å²) in [4.78, 5) is 19.8. The van der Waals surface area contributed by atoms with E-state index in [-0.39, 0.29) is 0 Å². The SMILES string of the molecule is c1ccc(-c2nc(-c3ccccc3)nc(-c3ccc(-c4cccc5cc(-c6ccc(-c7nc8ccccc8c8ccccc78)cc6)ccc45)cc3)n2)cc1. The van der Waals surface area contributed by atoms with Gasteiger partial charge in [-0.05, 0) is 50.5 Å². The zero-order chi connectivity index (χ0) is 35.8. The molecule has 0 spiro atoms. The molecule has 0 amide bonds. The van der Waals surface area contributed by atoms with E-state index in [1.54, 1.807) is 0 Å². The number of rotatable bonds is 6. The summed E-state index contributed by atoms with van der Waals surface area (Å²) in [5, 5.41) is 5.96. The first-order chi connectivity index (χ1) is 26.7. The molecule has 0 atom stereocenters. The van der Waals surface area contributed by atoms with Crippen molar-refractivity contribution in [3.8, 4) is 67.7 Å². The summed E-state index contributed by atoms with van der Waals surface area (Å²) in [5.41, 5.74) is 10.6. The van der Waals surface area contributed by atoms with E-state index in [4.69, 9.17) is 19.9 Å². The van der Waals surface area contributed by atoms with Gasteiger partial charge in [-0.2, -0.15) is 0 Å². The van der Waals surface area contributed by atoms with Crippen molar-refractivity contribution in [2.24, 2.45) is 0 Å². The van der Waals surface area contributed by atoms with Gasteiger partial charge in [0.2, 0.25) is 0 Å². The van der Waals surface area contributed by atoms with E-state index in [1.165, 1.54) is 38.2 Å². The molecule has 4 heteroatoms. The maximum absolute atomic E-state index is 5.10. The first-order valence-electron chi connectivity index (χ1n) is 18.1. The lowest BCUT2D eigenvalue weighted by atomic mass is 9.94. The van der Waals surface area contributed by atoms with Crippen LogP contribution in [0.3, 0.4) is 0 Å². The van der Waals surface area contributed by atoms with Gasteiger partial charge in [0, 0.05) is 33.0 Å². The predicted octanol–water partition coefficient (Wildman–Crippen LogP) is 12.7. The average Bonchev–Trinajstić information content (AvgIpc) is 3.26. The van der Waals surface area contributed by atoms with Gasteiger partial charge in [-0.3, -0.25) is 0 Å². The molecule has 10 rings (SSSR count). The van der Waals surface area contributed by atoms with Gasteiger partial charge in [-0.15, -0.1) is 0 Å². The molecule has 0 aliphatic carbocycles. The van der Waals surface area contributed by atoms with Crippen LogP contribution in [0.25, 0.3) is 100 Å². The molecular formula is C50H32N4. The van der Waals surface area contributed by atoms with Gasteiger partial charge in [-0.1, -0.05) is 182 Å². The number of benzene rings is 8. The van der Waals surface area contributed by atoms with Crippen molar-refractivity contribution < 1.29 is 0 Å². The second kappa shape index (κ2) is 13.4. The first-order valence-corrected chi connectivity index (χ1v) is 18.1. The third-order valence-corrected chi connectivity index (χ3v) is 10.1. The minimum absolute atomic E-state index is 0.646. The zero-order valence-electron chi connectivity index (χ0n) is 29.3. The Morgan fingerprint density at radius 2 is 0.759 bits per heavy atom. The van der Waals surface area contributed by atoms with Crippen LogP contribution in [-0.2, 0) is 0 Å². The lowest BCUT2D eigenvalue weighted by Gasteiger charge is -2.12. The molecule has 0 unspecified atom stereocenters. The number of aromatic nitrogens is 4. The largest absolute Gasteiger partial charge is 0.247 e. The molecule has 2 heterocycles. The monoisotopic (exact) mass is 688 g/mol. The van der Waals surface area contributed by atoms with Gasteiger partial charge in [0.15, 0.2) is 17.5 Å². The van der Waals surface area contributed by atoms with Gasteiger partial charge in [-0.25, -0.2) is 19.9 Å². The quantitative estimate of drug-likeness (QED) is 0.163. The van der Waals surface area contributed by atoms with E-state index in [1.807, 2.05) is 60.7 Å². The highest BCUT2D eigenvalue weighted by Crippen LogP contribution is 2.36. The summed E-state index contributed by atoms with van der Waals surface area (Å²) < 4.78 is 0. The molecular weight excluding hydrogens is 657 g/mol. The molecule has 2 aromatic heterocycles.